The molecule has 32 heavy (non-hydrogen) atoms. The van der Waals surface area contributed by atoms with Crippen molar-refractivity contribution in [3.8, 4) is 0 Å². The molecule has 0 spiro atoms. The fraction of sp³-hybridized carbons (Fsp3) is 0.214. The minimum Gasteiger partial charge on any atom is -0.848 e. The Kier molecular flexibility index (Phi) is 5.24. The molecule has 1 aliphatic carbocycles. The third-order valence-corrected chi connectivity index (χ3v) is 6.45. The first kappa shape index (κ1) is 20.4. The highest BCUT2D eigenvalue weighted by atomic mass is 16.3. The molecule has 2 aromatic carbocycles. The number of anilines is 1. The average Bonchev–Trinajstić information content (AvgIpc) is 2.84. The SMILES string of the molecule is CCN1C(=CC2C(=O)C(=Cc3ccc4ccccc4[n+]3CC)C2[O-])C=Cc2ccccc21. The molecule has 4 heteroatoms. The largest absolute Gasteiger partial charge is 0.848 e. The van der Waals surface area contributed by atoms with E-state index in [1.165, 1.54) is 0 Å². The van der Waals surface area contributed by atoms with Gasteiger partial charge in [-0.2, -0.15) is 4.57 Å². The van der Waals surface area contributed by atoms with Gasteiger partial charge in [-0.3, -0.25) is 4.79 Å². The number of fused-ring (bicyclic) bond motifs is 2. The Morgan fingerprint density at radius 2 is 1.78 bits per heavy atom. The molecule has 1 aliphatic heterocycles. The predicted molar refractivity (Wildman–Crippen MR) is 127 cm³/mol. The summed E-state index contributed by atoms with van der Waals surface area (Å²) >= 11 is 0. The van der Waals surface area contributed by atoms with Crippen LogP contribution in [0.1, 0.15) is 25.1 Å². The molecule has 0 amide bonds. The lowest BCUT2D eigenvalue weighted by molar-refractivity contribution is -0.669. The van der Waals surface area contributed by atoms with Crippen molar-refractivity contribution in [1.29, 1.82) is 0 Å². The number of benzene rings is 2. The molecule has 1 saturated carbocycles. The fourth-order valence-electron chi connectivity index (χ4n) is 4.76. The van der Waals surface area contributed by atoms with Crippen LogP contribution in [0.2, 0.25) is 0 Å². The van der Waals surface area contributed by atoms with Gasteiger partial charge in [0.05, 0.1) is 0 Å². The van der Waals surface area contributed by atoms with Gasteiger partial charge in [0.1, 0.15) is 6.54 Å². The molecule has 2 atom stereocenters. The molecule has 0 bridgehead atoms. The summed E-state index contributed by atoms with van der Waals surface area (Å²) in [4.78, 5) is 15.1. The minimum absolute atomic E-state index is 0.0726. The van der Waals surface area contributed by atoms with Gasteiger partial charge >= 0.3 is 0 Å². The third kappa shape index (κ3) is 3.28. The molecule has 0 saturated heterocycles. The first-order chi connectivity index (χ1) is 15.6. The number of aromatic nitrogens is 1. The molecule has 2 heterocycles. The third-order valence-electron chi connectivity index (χ3n) is 6.45. The van der Waals surface area contributed by atoms with Gasteiger partial charge < -0.3 is 10.0 Å². The molecular weight excluding hydrogens is 396 g/mol. The van der Waals surface area contributed by atoms with Crippen molar-refractivity contribution >= 4 is 34.5 Å². The molecule has 1 aromatic heterocycles. The highest BCUT2D eigenvalue weighted by Gasteiger charge is 2.37. The van der Waals surface area contributed by atoms with Crippen molar-refractivity contribution in [3.05, 3.63) is 95.3 Å². The summed E-state index contributed by atoms with van der Waals surface area (Å²) in [6.45, 7) is 5.69. The topological polar surface area (TPSA) is 47.2 Å². The number of carbonyl (C=O) groups is 1. The number of aryl methyl sites for hydroxylation is 1. The zero-order valence-corrected chi connectivity index (χ0v) is 18.4. The lowest BCUT2D eigenvalue weighted by Crippen LogP contribution is -2.53. The number of likely N-dealkylation sites (N-methyl/N-ethyl adjacent to an activating group) is 1. The summed E-state index contributed by atoms with van der Waals surface area (Å²) in [5, 5.41) is 14.2. The smallest absolute Gasteiger partial charge is 0.212 e. The van der Waals surface area contributed by atoms with E-state index in [-0.39, 0.29) is 5.78 Å². The first-order valence-corrected chi connectivity index (χ1v) is 11.2. The summed E-state index contributed by atoms with van der Waals surface area (Å²) in [5.74, 6) is -0.702. The maximum absolute atomic E-state index is 13.1. The Hall–Kier alpha value is -3.50. The van der Waals surface area contributed by atoms with Crippen molar-refractivity contribution in [2.45, 2.75) is 26.5 Å². The number of rotatable bonds is 4. The summed E-state index contributed by atoms with van der Waals surface area (Å²) in [6, 6.07) is 20.4. The van der Waals surface area contributed by atoms with Gasteiger partial charge in [0.2, 0.25) is 11.2 Å². The van der Waals surface area contributed by atoms with Gasteiger partial charge in [-0.15, -0.1) is 0 Å². The number of nitrogens with zero attached hydrogens (tertiary/aromatic N) is 2. The number of allylic oxidation sites excluding steroid dienone is 1. The van der Waals surface area contributed by atoms with Gasteiger partial charge in [0.15, 0.2) is 5.78 Å². The number of Topliss-reactive ketones (excluding diaryl/α,β-unsaturated/α-hetero) is 1. The van der Waals surface area contributed by atoms with Crippen molar-refractivity contribution in [1.82, 2.24) is 0 Å². The monoisotopic (exact) mass is 422 g/mol. The molecule has 3 aromatic rings. The zero-order valence-electron chi connectivity index (χ0n) is 18.4. The standard InChI is InChI=1S/C28H26N2O2/c1-3-29-21(15-13-19-9-5-7-11-25(19)29)17-23-27(31)24(28(23)32)18-22-16-14-20-10-6-8-12-26(20)30(22)4-2/h5-18,23,27H,3-4H2,1-2H3. The van der Waals surface area contributed by atoms with Crippen LogP contribution in [0.25, 0.3) is 23.1 Å². The molecule has 5 rings (SSSR count). The molecule has 0 radical (unpaired) electrons. The Labute approximate surface area is 188 Å². The van der Waals surface area contributed by atoms with E-state index in [2.05, 4.69) is 47.6 Å². The molecular formula is C28H26N2O2. The predicted octanol–water partition coefficient (Wildman–Crippen LogP) is 3.90. The number of hydrogen-bond acceptors (Lipinski definition) is 3. The van der Waals surface area contributed by atoms with E-state index < -0.39 is 12.0 Å². The second kappa shape index (κ2) is 8.21. The van der Waals surface area contributed by atoms with Gasteiger partial charge in [-0.1, -0.05) is 48.6 Å². The highest BCUT2D eigenvalue weighted by Crippen LogP contribution is 2.35. The Balaban J connectivity index is 1.45. The molecule has 2 aliphatic rings. The minimum atomic E-state index is -1.05. The highest BCUT2D eigenvalue weighted by molar-refractivity contribution is 6.10. The van der Waals surface area contributed by atoms with Crippen LogP contribution in [-0.2, 0) is 11.3 Å². The van der Waals surface area contributed by atoms with Crippen LogP contribution < -0.4 is 14.6 Å². The molecule has 160 valence electrons. The molecule has 2 unspecified atom stereocenters. The first-order valence-electron chi connectivity index (χ1n) is 11.2. The van der Waals surface area contributed by atoms with Crippen LogP contribution in [0.3, 0.4) is 0 Å². The van der Waals surface area contributed by atoms with E-state index in [0.717, 1.165) is 46.6 Å². The average molecular weight is 423 g/mol. The van der Waals surface area contributed by atoms with Crippen molar-refractivity contribution in [2.75, 3.05) is 11.4 Å². The van der Waals surface area contributed by atoms with E-state index in [0.29, 0.717) is 5.57 Å². The van der Waals surface area contributed by atoms with E-state index in [1.807, 2.05) is 54.6 Å². The zero-order chi connectivity index (χ0) is 22.2. The lowest BCUT2D eigenvalue weighted by atomic mass is 9.74. The van der Waals surface area contributed by atoms with Gasteiger partial charge in [-0.25, -0.2) is 0 Å². The second-order valence-corrected chi connectivity index (χ2v) is 8.20. The quantitative estimate of drug-likeness (QED) is 0.473. The number of carbonyl (C=O) groups excluding carboxylic acids is 1. The summed E-state index contributed by atoms with van der Waals surface area (Å²) < 4.78 is 2.15. The maximum Gasteiger partial charge on any atom is 0.212 e. The fourth-order valence-corrected chi connectivity index (χ4v) is 4.76. The van der Waals surface area contributed by atoms with Crippen molar-refractivity contribution < 1.29 is 14.5 Å². The Morgan fingerprint density at radius 3 is 2.56 bits per heavy atom. The maximum atomic E-state index is 13.1. The van der Waals surface area contributed by atoms with Gasteiger partial charge in [-0.05, 0) is 49.3 Å². The summed E-state index contributed by atoms with van der Waals surface area (Å²) in [7, 11) is 0. The Morgan fingerprint density at radius 1 is 1.00 bits per heavy atom. The van der Waals surface area contributed by atoms with Crippen molar-refractivity contribution in [3.63, 3.8) is 0 Å². The van der Waals surface area contributed by atoms with Gasteiger partial charge in [0, 0.05) is 47.4 Å². The van der Waals surface area contributed by atoms with Crippen LogP contribution >= 0.6 is 0 Å². The van der Waals surface area contributed by atoms with E-state index in [9.17, 15) is 9.90 Å². The normalized spacial score (nSPS) is 22.5. The van der Waals surface area contributed by atoms with Crippen LogP contribution in [-0.4, -0.2) is 18.4 Å². The lowest BCUT2D eigenvalue weighted by Gasteiger charge is -2.42. The number of para-hydroxylation sites is 2. The summed E-state index contributed by atoms with van der Waals surface area (Å²) in [5.41, 5.74) is 5.52. The van der Waals surface area contributed by atoms with Crippen molar-refractivity contribution in [2.24, 2.45) is 5.92 Å². The van der Waals surface area contributed by atoms with Crippen LogP contribution in [0.5, 0.6) is 0 Å². The van der Waals surface area contributed by atoms with Gasteiger partial charge in [0.25, 0.3) is 0 Å². The number of ketones is 1. The van der Waals surface area contributed by atoms with Crippen LogP contribution in [0, 0.1) is 5.92 Å². The Bertz CT molecular complexity index is 1300. The van der Waals surface area contributed by atoms with Crippen LogP contribution in [0.15, 0.2) is 84.1 Å². The molecule has 4 nitrogen and oxygen atoms in total. The van der Waals surface area contributed by atoms with E-state index >= 15 is 0 Å². The van der Waals surface area contributed by atoms with E-state index in [4.69, 9.17) is 0 Å². The molecule has 1 fully saturated rings. The molecule has 0 N–H and O–H groups in total. The van der Waals surface area contributed by atoms with Crippen LogP contribution in [0.4, 0.5) is 5.69 Å². The number of hydrogen-bond donors (Lipinski definition) is 0. The number of pyridine rings is 1. The second-order valence-electron chi connectivity index (χ2n) is 8.20. The summed E-state index contributed by atoms with van der Waals surface area (Å²) in [6.07, 6.45) is 6.64. The van der Waals surface area contributed by atoms with E-state index in [1.54, 1.807) is 6.08 Å².